The molecule has 2 heterocycles. The van der Waals surface area contributed by atoms with Crippen molar-refractivity contribution in [2.45, 2.75) is 26.5 Å². The lowest BCUT2D eigenvalue weighted by Gasteiger charge is -2.23. The number of nitrogens with zero attached hydrogens (tertiary/aromatic N) is 2. The number of thiazole rings is 1. The van der Waals surface area contributed by atoms with Gasteiger partial charge in [-0.2, -0.15) is 0 Å². The van der Waals surface area contributed by atoms with Gasteiger partial charge in [-0.1, -0.05) is 71.5 Å². The maximum atomic E-state index is 13.9. The van der Waals surface area contributed by atoms with E-state index in [9.17, 15) is 19.1 Å². The van der Waals surface area contributed by atoms with E-state index < -0.39 is 23.5 Å². The molecule has 41 heavy (non-hydrogen) atoms. The summed E-state index contributed by atoms with van der Waals surface area (Å²) in [6.45, 7) is 4.11. The van der Waals surface area contributed by atoms with Crippen LogP contribution in [0.25, 0.3) is 16.0 Å². The highest BCUT2D eigenvalue weighted by molar-refractivity contribution is 7.22. The predicted molar refractivity (Wildman–Crippen MR) is 157 cm³/mol. The van der Waals surface area contributed by atoms with E-state index in [1.165, 1.54) is 23.1 Å². The fraction of sp³-hybridized carbons (Fsp3) is 0.121. The van der Waals surface area contributed by atoms with Crippen molar-refractivity contribution in [1.82, 2.24) is 4.98 Å². The number of aliphatic hydroxyl groups is 1. The fourth-order valence-electron chi connectivity index (χ4n) is 4.96. The van der Waals surface area contributed by atoms with Crippen LogP contribution < -0.4 is 9.64 Å². The van der Waals surface area contributed by atoms with Crippen molar-refractivity contribution in [1.29, 1.82) is 0 Å². The van der Waals surface area contributed by atoms with Crippen molar-refractivity contribution < 1.29 is 23.8 Å². The van der Waals surface area contributed by atoms with E-state index in [-0.39, 0.29) is 16.5 Å². The zero-order chi connectivity index (χ0) is 28.7. The minimum Gasteiger partial charge on any atom is -0.507 e. The highest BCUT2D eigenvalue weighted by Crippen LogP contribution is 2.45. The third-order valence-electron chi connectivity index (χ3n) is 7.08. The van der Waals surface area contributed by atoms with Crippen molar-refractivity contribution in [3.63, 3.8) is 0 Å². The predicted octanol–water partition coefficient (Wildman–Crippen LogP) is 7.26. The Bertz CT molecular complexity index is 1830. The summed E-state index contributed by atoms with van der Waals surface area (Å²) in [6, 6.07) is 25.6. The summed E-state index contributed by atoms with van der Waals surface area (Å²) in [4.78, 5) is 33.0. The molecule has 5 aromatic rings. The second kappa shape index (κ2) is 10.6. The number of aromatic nitrogens is 1. The van der Waals surface area contributed by atoms with E-state index in [1.54, 1.807) is 30.3 Å². The third kappa shape index (κ3) is 4.98. The van der Waals surface area contributed by atoms with Crippen LogP contribution in [0.2, 0.25) is 0 Å². The zero-order valence-corrected chi connectivity index (χ0v) is 23.1. The number of ketones is 1. The molecule has 1 aliphatic rings. The Morgan fingerprint density at radius 2 is 1.73 bits per heavy atom. The molecule has 0 spiro atoms. The van der Waals surface area contributed by atoms with Gasteiger partial charge in [-0.3, -0.25) is 14.5 Å². The van der Waals surface area contributed by atoms with Crippen LogP contribution >= 0.6 is 11.3 Å². The Morgan fingerprint density at radius 3 is 2.49 bits per heavy atom. The number of aryl methyl sites for hydroxylation is 2. The average Bonchev–Trinajstić information content (AvgIpc) is 3.51. The topological polar surface area (TPSA) is 79.7 Å². The summed E-state index contributed by atoms with van der Waals surface area (Å²) in [5, 5.41) is 11.8. The summed E-state index contributed by atoms with van der Waals surface area (Å²) in [5.74, 6) is -1.70. The van der Waals surface area contributed by atoms with Gasteiger partial charge in [0.15, 0.2) is 5.13 Å². The largest absolute Gasteiger partial charge is 0.507 e. The van der Waals surface area contributed by atoms with Gasteiger partial charge in [-0.05, 0) is 66.9 Å². The van der Waals surface area contributed by atoms with E-state index in [1.807, 2.05) is 56.3 Å². The molecule has 1 aliphatic heterocycles. The number of anilines is 1. The summed E-state index contributed by atoms with van der Waals surface area (Å²) in [5.41, 5.74) is 4.22. The summed E-state index contributed by atoms with van der Waals surface area (Å²) < 4.78 is 20.4. The molecule has 0 aliphatic carbocycles. The standard InChI is InChI=1S/C33H25FN2O4S/c1-19-8-9-20(2)25(16-19)30(37)28-29(22-10-13-24(14-11-22)40-18-21-6-4-3-5-7-21)36(32(39)31(28)38)33-35-26-15-12-23(34)17-27(26)41-33/h3-17,29,37H,18H2,1-2H3/b30-28+. The van der Waals surface area contributed by atoms with Crippen LogP contribution in [0.3, 0.4) is 0 Å². The van der Waals surface area contributed by atoms with Gasteiger partial charge >= 0.3 is 5.91 Å². The number of fused-ring (bicyclic) bond motifs is 1. The molecule has 4 aromatic carbocycles. The number of halogens is 1. The van der Waals surface area contributed by atoms with Gasteiger partial charge in [0.25, 0.3) is 5.78 Å². The smallest absolute Gasteiger partial charge is 0.301 e. The molecule has 204 valence electrons. The molecule has 0 saturated carbocycles. The van der Waals surface area contributed by atoms with Gasteiger partial charge in [0.1, 0.15) is 23.9 Å². The second-order valence-corrected chi connectivity index (χ2v) is 10.9. The van der Waals surface area contributed by atoms with Gasteiger partial charge in [0.2, 0.25) is 0 Å². The number of hydrogen-bond donors (Lipinski definition) is 1. The van der Waals surface area contributed by atoms with Crippen molar-refractivity contribution in [3.05, 3.63) is 130 Å². The lowest BCUT2D eigenvalue weighted by Crippen LogP contribution is -2.29. The van der Waals surface area contributed by atoms with Gasteiger partial charge in [-0.15, -0.1) is 0 Å². The normalized spacial score (nSPS) is 16.5. The Hall–Kier alpha value is -4.82. The Balaban J connectivity index is 1.45. The van der Waals surface area contributed by atoms with Gasteiger partial charge in [0.05, 0.1) is 21.8 Å². The van der Waals surface area contributed by atoms with Crippen molar-refractivity contribution in [2.24, 2.45) is 0 Å². The monoisotopic (exact) mass is 564 g/mol. The quantitative estimate of drug-likeness (QED) is 0.133. The third-order valence-corrected chi connectivity index (χ3v) is 8.10. The highest BCUT2D eigenvalue weighted by atomic mass is 32.1. The summed E-state index contributed by atoms with van der Waals surface area (Å²) in [7, 11) is 0. The fourth-order valence-corrected chi connectivity index (χ4v) is 5.97. The molecule has 0 radical (unpaired) electrons. The molecule has 1 aromatic heterocycles. The number of ether oxygens (including phenoxy) is 1. The van der Waals surface area contributed by atoms with E-state index >= 15 is 0 Å². The zero-order valence-electron chi connectivity index (χ0n) is 22.3. The molecule has 6 nitrogen and oxygen atoms in total. The van der Waals surface area contributed by atoms with Crippen LogP contribution in [0, 0.1) is 19.7 Å². The molecular formula is C33H25FN2O4S. The van der Waals surface area contributed by atoms with Crippen LogP contribution in [0.5, 0.6) is 5.75 Å². The second-order valence-electron chi connectivity index (χ2n) is 9.94. The molecule has 1 unspecified atom stereocenters. The summed E-state index contributed by atoms with van der Waals surface area (Å²) in [6.07, 6.45) is 0. The van der Waals surface area contributed by atoms with Crippen LogP contribution in [0.15, 0.2) is 96.6 Å². The first-order valence-corrected chi connectivity index (χ1v) is 13.8. The average molecular weight is 565 g/mol. The molecular weight excluding hydrogens is 539 g/mol. The van der Waals surface area contributed by atoms with Gasteiger partial charge < -0.3 is 9.84 Å². The Labute approximate surface area is 240 Å². The minimum atomic E-state index is -0.955. The lowest BCUT2D eigenvalue weighted by atomic mass is 9.93. The molecule has 8 heteroatoms. The van der Waals surface area contributed by atoms with Gasteiger partial charge in [-0.25, -0.2) is 9.37 Å². The molecule has 6 rings (SSSR count). The number of carbonyl (C=O) groups excluding carboxylic acids is 2. The number of amides is 1. The maximum absolute atomic E-state index is 13.9. The first-order chi connectivity index (χ1) is 19.8. The number of Topliss-reactive ketones (excluding diaryl/α,β-unsaturated/α-hetero) is 1. The number of rotatable bonds is 6. The molecule has 1 fully saturated rings. The van der Waals surface area contributed by atoms with Crippen molar-refractivity contribution >= 4 is 44.1 Å². The molecule has 1 N–H and O–H groups in total. The van der Waals surface area contributed by atoms with E-state index in [0.717, 1.165) is 28.0 Å². The molecule has 0 bridgehead atoms. The van der Waals surface area contributed by atoms with Crippen LogP contribution in [-0.4, -0.2) is 21.8 Å². The molecule has 1 amide bonds. The number of aliphatic hydroxyl groups excluding tert-OH is 1. The molecule has 1 atom stereocenters. The number of carbonyl (C=O) groups is 2. The number of hydrogen-bond acceptors (Lipinski definition) is 6. The van der Waals surface area contributed by atoms with Crippen LogP contribution in [-0.2, 0) is 16.2 Å². The first kappa shape index (κ1) is 26.4. The highest BCUT2D eigenvalue weighted by Gasteiger charge is 2.48. The minimum absolute atomic E-state index is 0.0351. The number of benzene rings is 4. The van der Waals surface area contributed by atoms with E-state index in [0.29, 0.717) is 33.7 Å². The lowest BCUT2D eigenvalue weighted by molar-refractivity contribution is -0.132. The van der Waals surface area contributed by atoms with E-state index in [2.05, 4.69) is 4.98 Å². The van der Waals surface area contributed by atoms with Crippen LogP contribution in [0.1, 0.15) is 33.9 Å². The van der Waals surface area contributed by atoms with Crippen LogP contribution in [0.4, 0.5) is 9.52 Å². The van der Waals surface area contributed by atoms with E-state index in [4.69, 9.17) is 4.74 Å². The Morgan fingerprint density at radius 1 is 0.976 bits per heavy atom. The SMILES string of the molecule is Cc1ccc(C)c(/C(O)=C2\C(=O)C(=O)N(c3nc4ccc(F)cc4s3)C2c2ccc(OCc3ccccc3)cc2)c1. The van der Waals surface area contributed by atoms with Crippen molar-refractivity contribution in [3.8, 4) is 5.75 Å². The van der Waals surface area contributed by atoms with Gasteiger partial charge in [0, 0.05) is 5.56 Å². The molecule has 1 saturated heterocycles. The summed E-state index contributed by atoms with van der Waals surface area (Å²) >= 11 is 1.11. The maximum Gasteiger partial charge on any atom is 0.301 e. The first-order valence-electron chi connectivity index (χ1n) is 13.0. The van der Waals surface area contributed by atoms with Crippen molar-refractivity contribution in [2.75, 3.05) is 4.90 Å². The Kier molecular flexibility index (Phi) is 6.85.